The molecule has 0 bridgehead atoms. The van der Waals surface area contributed by atoms with Crippen molar-refractivity contribution < 1.29 is 4.39 Å². The fourth-order valence-electron chi connectivity index (χ4n) is 3.73. The summed E-state index contributed by atoms with van der Waals surface area (Å²) < 4.78 is 12.1. The molecule has 94 valence electrons. The summed E-state index contributed by atoms with van der Waals surface area (Å²) in [5.74, 6) is 0. The molecule has 2 rings (SSSR count). The number of hydrogen-bond donors (Lipinski definition) is 1. The molecule has 0 aromatic heterocycles. The fraction of sp³-hybridized carbons (Fsp3) is 1.00. The van der Waals surface area contributed by atoms with E-state index in [-0.39, 0.29) is 12.2 Å². The summed E-state index contributed by atoms with van der Waals surface area (Å²) in [5, 5.41) is 3.25. The molecule has 0 amide bonds. The molecule has 1 unspecified atom stereocenters. The van der Waals surface area contributed by atoms with Gasteiger partial charge in [0.15, 0.2) is 0 Å². The van der Waals surface area contributed by atoms with Crippen LogP contribution >= 0.6 is 0 Å². The van der Waals surface area contributed by atoms with Gasteiger partial charge < -0.3 is 5.32 Å². The van der Waals surface area contributed by atoms with Crippen molar-refractivity contribution in [1.82, 2.24) is 10.2 Å². The van der Waals surface area contributed by atoms with E-state index in [0.717, 1.165) is 12.6 Å². The van der Waals surface area contributed by atoms with Gasteiger partial charge >= 0.3 is 0 Å². The van der Waals surface area contributed by atoms with E-state index in [0.29, 0.717) is 18.0 Å². The number of rotatable bonds is 4. The molecule has 1 saturated carbocycles. The van der Waals surface area contributed by atoms with Gasteiger partial charge in [-0.15, -0.1) is 0 Å². The number of alkyl halides is 1. The van der Waals surface area contributed by atoms with E-state index < -0.39 is 0 Å². The van der Waals surface area contributed by atoms with Crippen molar-refractivity contribution in [3.8, 4) is 0 Å². The molecule has 1 saturated heterocycles. The van der Waals surface area contributed by atoms with Crippen LogP contribution in [0.4, 0.5) is 4.39 Å². The molecular weight excluding hydrogens is 203 g/mol. The van der Waals surface area contributed by atoms with Crippen LogP contribution in [0.2, 0.25) is 0 Å². The Kier molecular flexibility index (Phi) is 3.04. The van der Waals surface area contributed by atoms with Gasteiger partial charge in [0.25, 0.3) is 0 Å². The van der Waals surface area contributed by atoms with Gasteiger partial charge in [-0.3, -0.25) is 4.90 Å². The second kappa shape index (κ2) is 3.95. The predicted molar refractivity (Wildman–Crippen MR) is 65.4 cm³/mol. The smallest absolute Gasteiger partial charge is 0.102 e. The highest BCUT2D eigenvalue weighted by Crippen LogP contribution is 2.60. The largest absolute Gasteiger partial charge is 0.314 e. The molecule has 0 radical (unpaired) electrons. The van der Waals surface area contributed by atoms with Gasteiger partial charge in [0, 0.05) is 36.1 Å². The quantitative estimate of drug-likeness (QED) is 0.742. The van der Waals surface area contributed by atoms with Crippen molar-refractivity contribution in [2.75, 3.05) is 19.8 Å². The lowest BCUT2D eigenvalue weighted by Crippen LogP contribution is -2.45. The van der Waals surface area contributed by atoms with Crippen molar-refractivity contribution in [3.05, 3.63) is 0 Å². The zero-order valence-electron chi connectivity index (χ0n) is 11.0. The normalized spacial score (nSPS) is 38.8. The molecule has 2 nitrogen and oxygen atoms in total. The molecule has 2 aliphatic rings. The minimum atomic E-state index is -0.251. The standard InChI is InChI=1S/C13H25FN2/c1-10-7-13(9-15-6-5-14)8-11(13)16(10)12(2,3)4/h10-11,15H,5-9H2,1-4H3/t10-,11?,13+/m1/s1. The first-order chi connectivity index (χ1) is 7.41. The summed E-state index contributed by atoms with van der Waals surface area (Å²) >= 11 is 0. The number of piperidine rings is 1. The molecule has 1 aliphatic carbocycles. The Morgan fingerprint density at radius 3 is 2.56 bits per heavy atom. The van der Waals surface area contributed by atoms with E-state index in [4.69, 9.17) is 0 Å². The second-order valence-electron chi connectivity index (χ2n) is 6.58. The van der Waals surface area contributed by atoms with Crippen LogP contribution in [0.5, 0.6) is 0 Å². The van der Waals surface area contributed by atoms with Crippen molar-refractivity contribution in [1.29, 1.82) is 0 Å². The monoisotopic (exact) mass is 228 g/mol. The van der Waals surface area contributed by atoms with Crippen LogP contribution in [0.3, 0.4) is 0 Å². The molecule has 1 aliphatic heterocycles. The van der Waals surface area contributed by atoms with E-state index in [1.54, 1.807) is 0 Å². The third kappa shape index (κ3) is 2.00. The van der Waals surface area contributed by atoms with Gasteiger partial charge in [0.2, 0.25) is 0 Å². The van der Waals surface area contributed by atoms with Crippen LogP contribution in [-0.2, 0) is 0 Å². The Morgan fingerprint density at radius 1 is 1.38 bits per heavy atom. The Bertz CT molecular complexity index is 261. The van der Waals surface area contributed by atoms with Gasteiger partial charge in [-0.2, -0.15) is 0 Å². The maximum absolute atomic E-state index is 12.1. The predicted octanol–water partition coefficient (Wildman–Crippen LogP) is 2.20. The van der Waals surface area contributed by atoms with Crippen LogP contribution in [0.1, 0.15) is 40.5 Å². The van der Waals surface area contributed by atoms with E-state index in [9.17, 15) is 4.39 Å². The van der Waals surface area contributed by atoms with Crippen LogP contribution in [0, 0.1) is 5.41 Å². The molecule has 1 N–H and O–H groups in total. The number of nitrogens with one attached hydrogen (secondary N) is 1. The Balaban J connectivity index is 1.94. The molecule has 2 fully saturated rings. The summed E-state index contributed by atoms with van der Waals surface area (Å²) in [4.78, 5) is 2.66. The molecule has 3 atom stereocenters. The zero-order valence-corrected chi connectivity index (χ0v) is 11.0. The number of likely N-dealkylation sites (tertiary alicyclic amines) is 1. The lowest BCUT2D eigenvalue weighted by Gasteiger charge is -2.37. The van der Waals surface area contributed by atoms with Gasteiger partial charge in [0.1, 0.15) is 6.67 Å². The maximum atomic E-state index is 12.1. The fourth-order valence-corrected chi connectivity index (χ4v) is 3.73. The van der Waals surface area contributed by atoms with E-state index in [1.165, 1.54) is 12.8 Å². The third-order valence-corrected chi connectivity index (χ3v) is 4.18. The topological polar surface area (TPSA) is 15.3 Å². The highest BCUT2D eigenvalue weighted by molar-refractivity contribution is 5.19. The van der Waals surface area contributed by atoms with Crippen LogP contribution in [0.25, 0.3) is 0 Å². The Hall–Kier alpha value is -0.150. The summed E-state index contributed by atoms with van der Waals surface area (Å²) in [7, 11) is 0. The maximum Gasteiger partial charge on any atom is 0.102 e. The highest BCUT2D eigenvalue weighted by atomic mass is 19.1. The van der Waals surface area contributed by atoms with Crippen LogP contribution in [0.15, 0.2) is 0 Å². The molecular formula is C13H25FN2. The number of halogens is 1. The Morgan fingerprint density at radius 2 is 2.06 bits per heavy atom. The minimum Gasteiger partial charge on any atom is -0.314 e. The lowest BCUT2D eigenvalue weighted by atomic mass is 9.99. The highest BCUT2D eigenvalue weighted by Gasteiger charge is 2.64. The summed E-state index contributed by atoms with van der Waals surface area (Å²) in [5.41, 5.74) is 0.726. The summed E-state index contributed by atoms with van der Waals surface area (Å²) in [6, 6.07) is 1.40. The SMILES string of the molecule is C[C@@H]1C[C@@]2(CNCCF)CC2N1C(C)(C)C. The zero-order chi connectivity index (χ0) is 12.0. The minimum absolute atomic E-state index is 0.251. The van der Waals surface area contributed by atoms with Crippen LogP contribution in [-0.4, -0.2) is 42.3 Å². The van der Waals surface area contributed by atoms with Gasteiger partial charge in [-0.05, 0) is 40.5 Å². The van der Waals surface area contributed by atoms with E-state index >= 15 is 0 Å². The van der Waals surface area contributed by atoms with Crippen molar-refractivity contribution in [3.63, 3.8) is 0 Å². The first-order valence-electron chi connectivity index (χ1n) is 6.46. The molecule has 16 heavy (non-hydrogen) atoms. The van der Waals surface area contributed by atoms with Gasteiger partial charge in [0.05, 0.1) is 0 Å². The first kappa shape index (κ1) is 12.3. The molecule has 0 aromatic carbocycles. The molecule has 0 spiro atoms. The summed E-state index contributed by atoms with van der Waals surface area (Å²) in [6.07, 6.45) is 2.57. The van der Waals surface area contributed by atoms with E-state index in [2.05, 4.69) is 37.9 Å². The molecule has 3 heteroatoms. The van der Waals surface area contributed by atoms with Gasteiger partial charge in [-0.1, -0.05) is 0 Å². The second-order valence-corrected chi connectivity index (χ2v) is 6.58. The average molecular weight is 228 g/mol. The first-order valence-corrected chi connectivity index (χ1v) is 6.46. The van der Waals surface area contributed by atoms with Crippen molar-refractivity contribution in [2.24, 2.45) is 5.41 Å². The third-order valence-electron chi connectivity index (χ3n) is 4.18. The Labute approximate surface area is 98.6 Å². The van der Waals surface area contributed by atoms with Crippen LogP contribution < -0.4 is 5.32 Å². The number of fused-ring (bicyclic) bond motifs is 1. The van der Waals surface area contributed by atoms with Gasteiger partial charge in [-0.25, -0.2) is 4.39 Å². The molecule has 1 heterocycles. The number of hydrogen-bond acceptors (Lipinski definition) is 2. The average Bonchev–Trinajstić information content (AvgIpc) is 2.70. The molecule has 0 aromatic rings. The van der Waals surface area contributed by atoms with E-state index in [1.807, 2.05) is 0 Å². The van der Waals surface area contributed by atoms with Crippen molar-refractivity contribution >= 4 is 0 Å². The summed E-state index contributed by atoms with van der Waals surface area (Å²) in [6.45, 7) is 10.5. The number of nitrogens with zero attached hydrogens (tertiary/aromatic N) is 1. The van der Waals surface area contributed by atoms with Crippen molar-refractivity contribution in [2.45, 2.75) is 58.2 Å². The lowest BCUT2D eigenvalue weighted by molar-refractivity contribution is 0.104.